The number of hydrogen-bond donors (Lipinski definition) is 0. The lowest BCUT2D eigenvalue weighted by Crippen LogP contribution is -2.18. The molecule has 0 N–H and O–H groups in total. The Labute approximate surface area is 109 Å². The zero-order chi connectivity index (χ0) is 11.1. The van der Waals surface area contributed by atoms with Crippen LogP contribution in [0.4, 0.5) is 0 Å². The molecule has 0 fully saturated rings. The first-order valence-electron chi connectivity index (χ1n) is 4.73. The maximum atomic E-state index is 11.7. The van der Waals surface area contributed by atoms with E-state index in [0.29, 0.717) is 17.2 Å². The van der Waals surface area contributed by atoms with Crippen LogP contribution in [0.15, 0.2) is 22.3 Å². The van der Waals surface area contributed by atoms with E-state index in [1.165, 1.54) is 6.20 Å². The molecule has 0 saturated carbocycles. The first kappa shape index (κ1) is 10.5. The molecule has 0 bridgehead atoms. The van der Waals surface area contributed by atoms with E-state index < -0.39 is 0 Å². The Kier molecular flexibility index (Phi) is 2.58. The molecule has 0 aliphatic carbocycles. The van der Waals surface area contributed by atoms with E-state index in [0.717, 1.165) is 15.3 Å². The van der Waals surface area contributed by atoms with Crippen LogP contribution in [0, 0.1) is 0 Å². The lowest BCUT2D eigenvalue weighted by Gasteiger charge is -2.12. The number of aromatic nitrogens is 4. The highest BCUT2D eigenvalue weighted by Crippen LogP contribution is 2.33. The van der Waals surface area contributed by atoms with Gasteiger partial charge in [-0.05, 0) is 0 Å². The molecular weight excluding hydrogens is 339 g/mol. The van der Waals surface area contributed by atoms with Gasteiger partial charge in [-0.3, -0.25) is 9.36 Å². The third-order valence-electron chi connectivity index (χ3n) is 2.46. The second kappa shape index (κ2) is 3.95. The van der Waals surface area contributed by atoms with Gasteiger partial charge in [-0.15, -0.1) is 0 Å². The lowest BCUT2D eigenvalue weighted by atomic mass is 10.3. The zero-order valence-electron chi connectivity index (χ0n) is 8.13. The molecule has 1 aliphatic rings. The van der Waals surface area contributed by atoms with Gasteiger partial charge in [0.1, 0.15) is 0 Å². The lowest BCUT2D eigenvalue weighted by molar-refractivity contribution is 0.591. The molecule has 1 unspecified atom stereocenters. The van der Waals surface area contributed by atoms with Gasteiger partial charge < -0.3 is 0 Å². The molecule has 3 heterocycles. The highest BCUT2D eigenvalue weighted by molar-refractivity contribution is 14.1. The summed E-state index contributed by atoms with van der Waals surface area (Å²) in [5.41, 5.74) is 0.740. The smallest absolute Gasteiger partial charge is 0.299 e. The number of alkyl halides is 1. The zero-order valence-corrected chi connectivity index (χ0v) is 11.1. The topological polar surface area (TPSA) is 60.7 Å². The highest BCUT2D eigenvalue weighted by atomic mass is 127. The number of rotatable bonds is 1. The first-order chi connectivity index (χ1) is 7.81. The van der Waals surface area contributed by atoms with Crippen molar-refractivity contribution < 1.29 is 0 Å². The Morgan fingerprint density at radius 3 is 3.12 bits per heavy atom. The third-order valence-corrected chi connectivity index (χ3v) is 4.58. The minimum atomic E-state index is -0.282. The number of hydrogen-bond acceptors (Lipinski definition) is 5. The molecule has 2 aromatic rings. The van der Waals surface area contributed by atoms with Crippen molar-refractivity contribution in [3.8, 4) is 0 Å². The Balaban J connectivity index is 2.42. The van der Waals surface area contributed by atoms with E-state index in [9.17, 15) is 4.79 Å². The van der Waals surface area contributed by atoms with Gasteiger partial charge in [0, 0.05) is 22.6 Å². The largest absolute Gasteiger partial charge is 0.301 e. The molecule has 0 saturated heterocycles. The number of halogens is 1. The van der Waals surface area contributed by atoms with Crippen LogP contribution in [0.5, 0.6) is 0 Å². The second-order valence-electron chi connectivity index (χ2n) is 3.42. The van der Waals surface area contributed by atoms with E-state index in [1.807, 2.05) is 4.57 Å². The molecule has 16 heavy (non-hydrogen) atoms. The SMILES string of the molecule is O=c1nc2n(c3nccnc13)C(CI)CS2. The van der Waals surface area contributed by atoms with E-state index in [-0.39, 0.29) is 5.56 Å². The quantitative estimate of drug-likeness (QED) is 0.442. The van der Waals surface area contributed by atoms with Crippen LogP contribution in [0.3, 0.4) is 0 Å². The summed E-state index contributed by atoms with van der Waals surface area (Å²) in [6.07, 6.45) is 3.14. The average molecular weight is 346 g/mol. The fraction of sp³-hybridized carbons (Fsp3) is 0.333. The fourth-order valence-electron chi connectivity index (χ4n) is 1.73. The van der Waals surface area contributed by atoms with Gasteiger partial charge in [-0.1, -0.05) is 34.4 Å². The monoisotopic (exact) mass is 346 g/mol. The first-order valence-corrected chi connectivity index (χ1v) is 7.24. The maximum absolute atomic E-state index is 11.7. The fourth-order valence-corrected chi connectivity index (χ4v) is 3.99. The van der Waals surface area contributed by atoms with Gasteiger partial charge in [0.25, 0.3) is 0 Å². The van der Waals surface area contributed by atoms with Crippen molar-refractivity contribution in [1.82, 2.24) is 19.5 Å². The van der Waals surface area contributed by atoms with Gasteiger partial charge >= 0.3 is 5.56 Å². The molecule has 7 heteroatoms. The number of thioether (sulfide) groups is 1. The van der Waals surface area contributed by atoms with E-state index in [1.54, 1.807) is 18.0 Å². The van der Waals surface area contributed by atoms with Gasteiger partial charge in [-0.25, -0.2) is 9.97 Å². The Morgan fingerprint density at radius 1 is 1.50 bits per heavy atom. The highest BCUT2D eigenvalue weighted by Gasteiger charge is 2.25. The van der Waals surface area contributed by atoms with Crippen LogP contribution in [0.25, 0.3) is 11.2 Å². The maximum Gasteiger partial charge on any atom is 0.301 e. The predicted molar refractivity (Wildman–Crippen MR) is 70.2 cm³/mol. The summed E-state index contributed by atoms with van der Waals surface area (Å²) < 4.78 is 3.01. The van der Waals surface area contributed by atoms with Crippen LogP contribution in [-0.4, -0.2) is 29.7 Å². The average Bonchev–Trinajstić information content (AvgIpc) is 2.72. The van der Waals surface area contributed by atoms with Crippen molar-refractivity contribution in [2.45, 2.75) is 11.2 Å². The van der Waals surface area contributed by atoms with Crippen LogP contribution in [0.2, 0.25) is 0 Å². The van der Waals surface area contributed by atoms with Crippen LogP contribution < -0.4 is 5.56 Å². The third kappa shape index (κ3) is 1.45. The summed E-state index contributed by atoms with van der Waals surface area (Å²) in [4.78, 5) is 24.0. The molecule has 0 aromatic carbocycles. The van der Waals surface area contributed by atoms with Crippen LogP contribution in [0.1, 0.15) is 6.04 Å². The molecule has 5 nitrogen and oxygen atoms in total. The minimum Gasteiger partial charge on any atom is -0.299 e. The summed E-state index contributed by atoms with van der Waals surface area (Å²) in [5.74, 6) is 0.949. The molecule has 1 atom stereocenters. The predicted octanol–water partition coefficient (Wildman–Crippen LogP) is 1.27. The summed E-state index contributed by atoms with van der Waals surface area (Å²) in [6, 6.07) is 0.355. The van der Waals surface area contributed by atoms with Crippen molar-refractivity contribution in [2.75, 3.05) is 10.2 Å². The van der Waals surface area contributed by atoms with Crippen molar-refractivity contribution in [3.63, 3.8) is 0 Å². The Hall–Kier alpha value is -0.700. The van der Waals surface area contributed by atoms with Crippen molar-refractivity contribution in [2.24, 2.45) is 0 Å². The number of nitrogens with zero attached hydrogens (tertiary/aromatic N) is 4. The molecule has 2 aromatic heterocycles. The summed E-state index contributed by atoms with van der Waals surface area (Å²) in [7, 11) is 0. The molecule has 0 amide bonds. The second-order valence-corrected chi connectivity index (χ2v) is 5.29. The molecular formula is C9H7IN4OS. The Morgan fingerprint density at radius 2 is 2.31 bits per heavy atom. The van der Waals surface area contributed by atoms with E-state index >= 15 is 0 Å². The van der Waals surface area contributed by atoms with Crippen molar-refractivity contribution in [1.29, 1.82) is 0 Å². The van der Waals surface area contributed by atoms with Gasteiger partial charge in [0.15, 0.2) is 16.3 Å². The van der Waals surface area contributed by atoms with E-state index in [2.05, 4.69) is 37.5 Å². The van der Waals surface area contributed by atoms with Crippen LogP contribution in [-0.2, 0) is 0 Å². The van der Waals surface area contributed by atoms with Gasteiger partial charge in [0.05, 0.1) is 6.04 Å². The number of fused-ring (bicyclic) bond motifs is 3. The Bertz CT molecular complexity index is 614. The molecule has 1 aliphatic heterocycles. The normalized spacial score (nSPS) is 18.9. The van der Waals surface area contributed by atoms with Crippen LogP contribution >= 0.6 is 34.4 Å². The molecule has 82 valence electrons. The van der Waals surface area contributed by atoms with Crippen molar-refractivity contribution in [3.05, 3.63) is 22.7 Å². The molecule has 3 rings (SSSR count). The van der Waals surface area contributed by atoms with Gasteiger partial charge in [-0.2, -0.15) is 4.98 Å². The summed E-state index contributed by atoms with van der Waals surface area (Å²) in [5, 5.41) is 0.764. The molecule has 0 radical (unpaired) electrons. The summed E-state index contributed by atoms with van der Waals surface area (Å²) >= 11 is 3.95. The summed E-state index contributed by atoms with van der Waals surface area (Å²) in [6.45, 7) is 0. The molecule has 0 spiro atoms. The van der Waals surface area contributed by atoms with Gasteiger partial charge in [0.2, 0.25) is 0 Å². The standard InChI is InChI=1S/C9H7IN4OS/c10-3-5-4-16-9-13-8(15)6-7(14(5)9)12-2-1-11-6/h1-2,5H,3-4H2. The van der Waals surface area contributed by atoms with E-state index in [4.69, 9.17) is 0 Å². The minimum absolute atomic E-state index is 0.282. The van der Waals surface area contributed by atoms with Crippen molar-refractivity contribution >= 4 is 45.5 Å².